The van der Waals surface area contributed by atoms with E-state index in [1.54, 1.807) is 12.1 Å². The van der Waals surface area contributed by atoms with Crippen molar-refractivity contribution < 1.29 is 42.9 Å². The van der Waals surface area contributed by atoms with E-state index in [4.69, 9.17) is 18.9 Å². The minimum Gasteiger partial charge on any atom is -0.463 e. The Labute approximate surface area is 282 Å². The molecule has 9 heteroatoms. The quantitative estimate of drug-likeness (QED) is 0.0411. The monoisotopic (exact) mass is 658 g/mol. The molecule has 48 heavy (non-hydrogen) atoms. The Morgan fingerprint density at radius 3 is 1.65 bits per heavy atom. The highest BCUT2D eigenvalue weighted by molar-refractivity contribution is 5.96. The van der Waals surface area contributed by atoms with Gasteiger partial charge in [-0.1, -0.05) is 88.8 Å². The summed E-state index contributed by atoms with van der Waals surface area (Å²) in [5.74, 6) is -2.56. The van der Waals surface area contributed by atoms with Gasteiger partial charge >= 0.3 is 23.9 Å². The van der Waals surface area contributed by atoms with Gasteiger partial charge in [-0.15, -0.1) is 0 Å². The van der Waals surface area contributed by atoms with Crippen molar-refractivity contribution >= 4 is 29.7 Å². The number of benzene rings is 3. The molecule has 3 aromatic carbocycles. The van der Waals surface area contributed by atoms with E-state index < -0.39 is 36.1 Å². The average molecular weight is 659 g/mol. The number of hydrogen-bond acceptors (Lipinski definition) is 9. The van der Waals surface area contributed by atoms with Crippen molar-refractivity contribution in [1.82, 2.24) is 0 Å². The topological polar surface area (TPSA) is 122 Å². The molecule has 0 spiro atoms. The lowest BCUT2D eigenvalue weighted by atomic mass is 9.99. The first-order valence-electron chi connectivity index (χ1n) is 16.8. The maximum Gasteiger partial charge on any atom is 0.348 e. The van der Waals surface area contributed by atoms with Crippen LogP contribution in [-0.4, -0.2) is 48.5 Å². The molecule has 0 N–H and O–H groups in total. The molecule has 0 bridgehead atoms. The third-order valence-corrected chi connectivity index (χ3v) is 7.70. The zero-order valence-electron chi connectivity index (χ0n) is 28.3. The van der Waals surface area contributed by atoms with Gasteiger partial charge in [-0.05, 0) is 74.2 Å². The molecule has 0 aliphatic carbocycles. The summed E-state index contributed by atoms with van der Waals surface area (Å²) in [4.78, 5) is 62.1. The van der Waals surface area contributed by atoms with Crippen LogP contribution in [0.4, 0.5) is 0 Å². The Bertz CT molecular complexity index is 1490. The molecule has 0 aliphatic rings. The van der Waals surface area contributed by atoms with E-state index >= 15 is 0 Å². The van der Waals surface area contributed by atoms with Crippen molar-refractivity contribution in [2.75, 3.05) is 6.61 Å². The molecule has 2 atom stereocenters. The van der Waals surface area contributed by atoms with Crippen LogP contribution in [0.1, 0.15) is 117 Å². The van der Waals surface area contributed by atoms with Gasteiger partial charge in [0.1, 0.15) is 5.75 Å². The molecule has 9 nitrogen and oxygen atoms in total. The summed E-state index contributed by atoms with van der Waals surface area (Å²) in [5.41, 5.74) is 2.99. The third kappa shape index (κ3) is 12.1. The number of unbranched alkanes of at least 4 members (excludes halogenated alkanes) is 6. The summed E-state index contributed by atoms with van der Waals surface area (Å²) in [7, 11) is 0. The SMILES string of the molecule is CCCCCCCCC(=O)c1ccc(-c2ccc(C(=O)Oc3ccc(C(=O)OC(C)C(=O)OC(C)C(=O)OCCCC)cc3)cc2)cc1. The smallest absolute Gasteiger partial charge is 0.348 e. The lowest BCUT2D eigenvalue weighted by Crippen LogP contribution is -2.33. The molecule has 3 rings (SSSR count). The third-order valence-electron chi connectivity index (χ3n) is 7.70. The van der Waals surface area contributed by atoms with E-state index in [1.165, 1.54) is 63.8 Å². The van der Waals surface area contributed by atoms with Crippen LogP contribution in [0, 0.1) is 0 Å². The number of hydrogen-bond donors (Lipinski definition) is 0. The largest absolute Gasteiger partial charge is 0.463 e. The van der Waals surface area contributed by atoms with E-state index in [-0.39, 0.29) is 23.7 Å². The summed E-state index contributed by atoms with van der Waals surface area (Å²) in [6.07, 6.45) is 6.57. The van der Waals surface area contributed by atoms with Crippen LogP contribution < -0.4 is 4.74 Å². The Kier molecular flexibility index (Phi) is 15.5. The van der Waals surface area contributed by atoms with Gasteiger partial charge in [0.25, 0.3) is 0 Å². The number of esters is 4. The molecule has 0 heterocycles. The van der Waals surface area contributed by atoms with Gasteiger partial charge in [0.2, 0.25) is 0 Å². The second kappa shape index (κ2) is 19.8. The Morgan fingerprint density at radius 2 is 1.04 bits per heavy atom. The molecule has 256 valence electrons. The number of carbonyl (C=O) groups is 5. The fourth-order valence-corrected chi connectivity index (χ4v) is 4.71. The van der Waals surface area contributed by atoms with Crippen LogP contribution in [0.3, 0.4) is 0 Å². The van der Waals surface area contributed by atoms with Crippen molar-refractivity contribution in [3.63, 3.8) is 0 Å². The summed E-state index contributed by atoms with van der Waals surface area (Å²) in [6.45, 7) is 7.10. The first-order valence-corrected chi connectivity index (χ1v) is 16.8. The van der Waals surface area contributed by atoms with Crippen molar-refractivity contribution in [2.45, 2.75) is 97.7 Å². The van der Waals surface area contributed by atoms with E-state index in [1.807, 2.05) is 43.3 Å². The number of rotatable bonds is 19. The molecule has 3 aromatic rings. The molecule has 0 amide bonds. The molecule has 0 aliphatic heterocycles. The second-order valence-corrected chi connectivity index (χ2v) is 11.7. The second-order valence-electron chi connectivity index (χ2n) is 11.7. The van der Waals surface area contributed by atoms with Crippen molar-refractivity contribution in [3.05, 3.63) is 89.5 Å². The van der Waals surface area contributed by atoms with Crippen LogP contribution in [0.25, 0.3) is 11.1 Å². The Hall–Kier alpha value is -4.79. The minimum atomic E-state index is -1.26. The molecule has 0 saturated heterocycles. The van der Waals surface area contributed by atoms with Gasteiger partial charge in [0, 0.05) is 12.0 Å². The summed E-state index contributed by atoms with van der Waals surface area (Å²) >= 11 is 0. The number of carbonyl (C=O) groups excluding carboxylic acids is 5. The molecule has 2 unspecified atom stereocenters. The molecular weight excluding hydrogens is 612 g/mol. The van der Waals surface area contributed by atoms with Crippen molar-refractivity contribution in [3.8, 4) is 16.9 Å². The van der Waals surface area contributed by atoms with E-state index in [9.17, 15) is 24.0 Å². The minimum absolute atomic E-state index is 0.126. The lowest BCUT2D eigenvalue weighted by Gasteiger charge is -2.16. The van der Waals surface area contributed by atoms with Crippen LogP contribution in [-0.2, 0) is 23.8 Å². The fraction of sp³-hybridized carbons (Fsp3) is 0.410. The summed E-state index contributed by atoms with van der Waals surface area (Å²) in [6, 6.07) is 20.1. The highest BCUT2D eigenvalue weighted by Crippen LogP contribution is 2.23. The number of Topliss-reactive ketones (excluding diaryl/α,β-unsaturated/α-hetero) is 1. The number of ketones is 1. The van der Waals surface area contributed by atoms with Crippen LogP contribution in [0.15, 0.2) is 72.8 Å². The standard InChI is InChI=1S/C39H46O9/c1-5-7-9-10-11-12-13-35(40)31-18-14-29(15-19-31)30-16-20-32(21-17-30)39(44)48-34-24-22-33(23-25-34)38(43)47-28(4)37(42)46-27(3)36(41)45-26-8-6-2/h14-25,27-28H,5-13,26H2,1-4H3. The molecule has 0 aromatic heterocycles. The van der Waals surface area contributed by atoms with Crippen LogP contribution in [0.5, 0.6) is 5.75 Å². The van der Waals surface area contributed by atoms with Gasteiger partial charge in [0.05, 0.1) is 17.7 Å². The lowest BCUT2D eigenvalue weighted by molar-refractivity contribution is -0.171. The molecule has 0 fully saturated rings. The fourth-order valence-electron chi connectivity index (χ4n) is 4.71. The first kappa shape index (κ1) is 37.7. The highest BCUT2D eigenvalue weighted by atomic mass is 16.6. The maximum absolute atomic E-state index is 12.8. The van der Waals surface area contributed by atoms with Crippen molar-refractivity contribution in [1.29, 1.82) is 0 Å². The van der Waals surface area contributed by atoms with Crippen LogP contribution >= 0.6 is 0 Å². The molecule has 0 radical (unpaired) electrons. The van der Waals surface area contributed by atoms with Gasteiger partial charge in [-0.3, -0.25) is 4.79 Å². The van der Waals surface area contributed by atoms with E-state index in [0.717, 1.165) is 30.4 Å². The molecular formula is C39H46O9. The normalized spacial score (nSPS) is 12.0. The first-order chi connectivity index (χ1) is 23.1. The summed E-state index contributed by atoms with van der Waals surface area (Å²) < 4.78 is 20.7. The molecule has 0 saturated carbocycles. The summed E-state index contributed by atoms with van der Waals surface area (Å²) in [5, 5.41) is 0. The van der Waals surface area contributed by atoms with Gasteiger partial charge in [-0.25, -0.2) is 19.2 Å². The van der Waals surface area contributed by atoms with E-state index in [2.05, 4.69) is 6.92 Å². The highest BCUT2D eigenvalue weighted by Gasteiger charge is 2.26. The predicted octanol–water partition coefficient (Wildman–Crippen LogP) is 8.33. The zero-order valence-corrected chi connectivity index (χ0v) is 28.3. The predicted molar refractivity (Wildman–Crippen MR) is 182 cm³/mol. The van der Waals surface area contributed by atoms with Gasteiger partial charge in [0.15, 0.2) is 18.0 Å². The Balaban J connectivity index is 1.47. The number of ether oxygens (including phenoxy) is 4. The van der Waals surface area contributed by atoms with Crippen molar-refractivity contribution in [2.24, 2.45) is 0 Å². The maximum atomic E-state index is 12.8. The van der Waals surface area contributed by atoms with Gasteiger partial charge < -0.3 is 18.9 Å². The zero-order chi connectivity index (χ0) is 34.9. The van der Waals surface area contributed by atoms with E-state index in [0.29, 0.717) is 24.0 Å². The average Bonchev–Trinajstić information content (AvgIpc) is 3.10. The van der Waals surface area contributed by atoms with Gasteiger partial charge in [-0.2, -0.15) is 0 Å². The Morgan fingerprint density at radius 1 is 0.542 bits per heavy atom. The van der Waals surface area contributed by atoms with Crippen LogP contribution in [0.2, 0.25) is 0 Å².